The van der Waals surface area contributed by atoms with Crippen molar-refractivity contribution in [2.75, 3.05) is 0 Å². The minimum Gasteiger partial charge on any atom is -0.0683 e. The molecule has 0 unspecified atom stereocenters. The van der Waals surface area contributed by atoms with E-state index in [4.69, 9.17) is 0 Å². The molecule has 8 rings (SSSR count). The predicted molar refractivity (Wildman–Crippen MR) is 183 cm³/mol. The molecule has 6 aromatic rings. The van der Waals surface area contributed by atoms with Crippen molar-refractivity contribution in [3.8, 4) is 44.5 Å². The second-order valence-corrected chi connectivity index (χ2v) is 10.1. The summed E-state index contributed by atoms with van der Waals surface area (Å²) < 4.78 is 0. The van der Waals surface area contributed by atoms with E-state index in [1.54, 1.807) is 0 Å². The Labute approximate surface area is 252 Å². The molecule has 0 aliphatic heterocycles. The highest BCUT2D eigenvalue weighted by Gasteiger charge is 2.21. The first-order valence-electron chi connectivity index (χ1n) is 15.4. The third-order valence-corrected chi connectivity index (χ3v) is 7.84. The lowest BCUT2D eigenvalue weighted by Crippen LogP contribution is -1.87. The average Bonchev–Trinajstić information content (AvgIpc) is 3.66. The highest BCUT2D eigenvalue weighted by atomic mass is 14.2. The van der Waals surface area contributed by atoms with E-state index >= 15 is 0 Å². The summed E-state index contributed by atoms with van der Waals surface area (Å²) in [5, 5.41) is 0. The molecule has 42 heavy (non-hydrogen) atoms. The van der Waals surface area contributed by atoms with Crippen LogP contribution in [-0.4, -0.2) is 0 Å². The number of hydrogen-bond donors (Lipinski definition) is 0. The monoisotopic (exact) mass is 544 g/mol. The highest BCUT2D eigenvalue weighted by molar-refractivity contribution is 5.84. The van der Waals surface area contributed by atoms with Gasteiger partial charge in [-0.15, -0.1) is 0 Å². The molecule has 6 aromatic carbocycles. The summed E-state index contributed by atoms with van der Waals surface area (Å²) in [5.41, 5.74) is 16.7. The van der Waals surface area contributed by atoms with Gasteiger partial charge in [0.25, 0.3) is 0 Å². The van der Waals surface area contributed by atoms with E-state index in [0.29, 0.717) is 0 Å². The summed E-state index contributed by atoms with van der Waals surface area (Å²) in [6, 6.07) is 52.2. The van der Waals surface area contributed by atoms with Gasteiger partial charge in [0, 0.05) is 0 Å². The van der Waals surface area contributed by atoms with Gasteiger partial charge in [-0.05, 0) is 79.6 Å². The Kier molecular flexibility index (Phi) is 9.47. The largest absolute Gasteiger partial charge is 0.0683 e. The fourth-order valence-corrected chi connectivity index (χ4v) is 6.00. The Morgan fingerprint density at radius 3 is 1.45 bits per heavy atom. The summed E-state index contributed by atoms with van der Waals surface area (Å²) in [7, 11) is 0. The molecule has 0 nitrogen and oxygen atoms in total. The van der Waals surface area contributed by atoms with Gasteiger partial charge in [0.1, 0.15) is 0 Å². The first kappa shape index (κ1) is 28.8. The minimum absolute atomic E-state index is 1.05. The van der Waals surface area contributed by atoms with Gasteiger partial charge >= 0.3 is 0 Å². The Hall–Kier alpha value is -4.68. The van der Waals surface area contributed by atoms with Crippen molar-refractivity contribution in [3.63, 3.8) is 0 Å². The molecule has 0 fully saturated rings. The molecule has 2 aliphatic rings. The third kappa shape index (κ3) is 5.85. The summed E-state index contributed by atoms with van der Waals surface area (Å²) in [6.07, 6.45) is 2.11. The fourth-order valence-electron chi connectivity index (χ4n) is 6.00. The lowest BCUT2D eigenvalue weighted by Gasteiger charge is -2.08. The van der Waals surface area contributed by atoms with Crippen LogP contribution in [0.4, 0.5) is 0 Å². The Morgan fingerprint density at radius 1 is 0.310 bits per heavy atom. The van der Waals surface area contributed by atoms with Crippen molar-refractivity contribution < 1.29 is 0 Å². The van der Waals surface area contributed by atoms with Crippen LogP contribution in [0.25, 0.3) is 44.5 Å². The predicted octanol–water partition coefficient (Wildman–Crippen LogP) is 11.9. The van der Waals surface area contributed by atoms with Crippen LogP contribution in [0.5, 0.6) is 0 Å². The van der Waals surface area contributed by atoms with E-state index in [1.807, 2.05) is 27.7 Å². The van der Waals surface area contributed by atoms with Crippen LogP contribution in [0.2, 0.25) is 0 Å². The van der Waals surface area contributed by atoms with Gasteiger partial charge in [0.15, 0.2) is 0 Å². The fraction of sp³-hybridized carbons (Fsp3) is 0.143. The molecular formula is C42H40. The number of hydrogen-bond acceptors (Lipinski definition) is 0. The maximum Gasteiger partial charge on any atom is -0.000729 e. The van der Waals surface area contributed by atoms with Crippen LogP contribution in [-0.2, 0) is 12.8 Å². The molecule has 0 N–H and O–H groups in total. The summed E-state index contributed by atoms with van der Waals surface area (Å²) in [4.78, 5) is 0. The van der Waals surface area contributed by atoms with Crippen molar-refractivity contribution in [1.29, 1.82) is 0 Å². The molecule has 0 radical (unpaired) electrons. The van der Waals surface area contributed by atoms with Crippen LogP contribution in [0.1, 0.15) is 49.9 Å². The van der Waals surface area contributed by atoms with Gasteiger partial charge in [-0.3, -0.25) is 0 Å². The van der Waals surface area contributed by atoms with E-state index in [1.165, 1.54) is 66.8 Å². The molecule has 0 saturated heterocycles. The van der Waals surface area contributed by atoms with Gasteiger partial charge in [-0.2, -0.15) is 0 Å². The zero-order chi connectivity index (χ0) is 29.3. The molecule has 0 saturated carbocycles. The zero-order valence-electron chi connectivity index (χ0n) is 25.3. The standard InChI is InChI=1S/2C19H14.2C2H6/c1-2-7-14(8-3-1)16-11-6-12-18-17-10-5-4-9-15(17)13-19(16)18;1-2-6-14(7-3-1)15-10-11-19-17(12-15)13-16-8-4-5-9-18(16)19;2*1-2/h2*1-12H,13H2;2*1-2H3. The van der Waals surface area contributed by atoms with E-state index < -0.39 is 0 Å². The first-order chi connectivity index (χ1) is 20.8. The second kappa shape index (κ2) is 13.8. The van der Waals surface area contributed by atoms with Gasteiger partial charge in [0.2, 0.25) is 0 Å². The summed E-state index contributed by atoms with van der Waals surface area (Å²) in [5.74, 6) is 0. The molecule has 0 heterocycles. The molecule has 0 aromatic heterocycles. The Bertz CT molecular complexity index is 1740. The van der Waals surface area contributed by atoms with E-state index in [-0.39, 0.29) is 0 Å². The lowest BCUT2D eigenvalue weighted by atomic mass is 9.96. The smallest absolute Gasteiger partial charge is 0.000729 e. The average molecular weight is 545 g/mol. The maximum absolute atomic E-state index is 2.34. The molecular weight excluding hydrogens is 504 g/mol. The molecule has 0 spiro atoms. The SMILES string of the molecule is CC.CC.c1ccc(-c2ccc3c(c2)Cc2ccccc2-3)cc1.c1ccc(-c2cccc3c2Cc2ccccc2-3)cc1. The van der Waals surface area contributed by atoms with Crippen molar-refractivity contribution in [1.82, 2.24) is 0 Å². The van der Waals surface area contributed by atoms with E-state index in [0.717, 1.165) is 12.8 Å². The van der Waals surface area contributed by atoms with Crippen LogP contribution >= 0.6 is 0 Å². The molecule has 0 bridgehead atoms. The van der Waals surface area contributed by atoms with Gasteiger partial charge < -0.3 is 0 Å². The molecule has 0 amide bonds. The van der Waals surface area contributed by atoms with Crippen molar-refractivity contribution in [2.24, 2.45) is 0 Å². The highest BCUT2D eigenvalue weighted by Crippen LogP contribution is 2.41. The maximum atomic E-state index is 2.34. The lowest BCUT2D eigenvalue weighted by molar-refractivity contribution is 1.26. The molecule has 0 atom stereocenters. The van der Waals surface area contributed by atoms with Crippen molar-refractivity contribution >= 4 is 0 Å². The first-order valence-corrected chi connectivity index (χ1v) is 15.4. The number of benzene rings is 6. The number of rotatable bonds is 2. The van der Waals surface area contributed by atoms with E-state index in [9.17, 15) is 0 Å². The second-order valence-electron chi connectivity index (χ2n) is 10.1. The Balaban J connectivity index is 0.000000150. The summed E-state index contributed by atoms with van der Waals surface area (Å²) >= 11 is 0. The molecule has 0 heteroatoms. The van der Waals surface area contributed by atoms with Crippen LogP contribution < -0.4 is 0 Å². The normalized spacial score (nSPS) is 11.1. The third-order valence-electron chi connectivity index (χ3n) is 7.84. The quantitative estimate of drug-likeness (QED) is 0.203. The van der Waals surface area contributed by atoms with Gasteiger partial charge in [0.05, 0.1) is 0 Å². The van der Waals surface area contributed by atoms with Crippen LogP contribution in [0.3, 0.4) is 0 Å². The molecule has 208 valence electrons. The number of fused-ring (bicyclic) bond motifs is 6. The summed E-state index contributed by atoms with van der Waals surface area (Å²) in [6.45, 7) is 8.00. The van der Waals surface area contributed by atoms with E-state index in [2.05, 4.69) is 146 Å². The van der Waals surface area contributed by atoms with Crippen molar-refractivity contribution in [2.45, 2.75) is 40.5 Å². The Morgan fingerprint density at radius 2 is 0.786 bits per heavy atom. The minimum atomic E-state index is 1.05. The van der Waals surface area contributed by atoms with Crippen molar-refractivity contribution in [3.05, 3.63) is 168 Å². The van der Waals surface area contributed by atoms with Gasteiger partial charge in [-0.1, -0.05) is 173 Å². The van der Waals surface area contributed by atoms with Crippen LogP contribution in [0.15, 0.2) is 146 Å². The zero-order valence-corrected chi connectivity index (χ0v) is 25.3. The topological polar surface area (TPSA) is 0 Å². The molecule has 2 aliphatic carbocycles. The van der Waals surface area contributed by atoms with Crippen LogP contribution in [0, 0.1) is 0 Å². The van der Waals surface area contributed by atoms with Gasteiger partial charge in [-0.25, -0.2) is 0 Å².